The molecule has 4 N–H and O–H groups in total. The lowest BCUT2D eigenvalue weighted by Gasteiger charge is -2.33. The fraction of sp³-hybridized carbons (Fsp3) is 0.444. The maximum Gasteiger partial charge on any atom is 0.408 e. The van der Waals surface area contributed by atoms with Gasteiger partial charge in [0.25, 0.3) is 0 Å². The highest BCUT2D eigenvalue weighted by molar-refractivity contribution is 5.92. The first-order chi connectivity index (χ1) is 16.6. The van der Waals surface area contributed by atoms with Crippen LogP contribution in [0.1, 0.15) is 58.7 Å². The molecule has 196 valence electrons. The minimum atomic E-state index is -1.06. The summed E-state index contributed by atoms with van der Waals surface area (Å²) in [6.07, 6.45) is -0.667. The Morgan fingerprint density at radius 2 is 1.39 bits per heavy atom. The molecule has 2 atom stereocenters. The van der Waals surface area contributed by atoms with Crippen LogP contribution in [0.5, 0.6) is 11.5 Å². The smallest absolute Gasteiger partial charge is 0.408 e. The number of amides is 3. The first-order valence-electron chi connectivity index (χ1n) is 11.7. The van der Waals surface area contributed by atoms with Crippen LogP contribution in [0.15, 0.2) is 48.5 Å². The highest BCUT2D eigenvalue weighted by Crippen LogP contribution is 2.25. The van der Waals surface area contributed by atoms with Gasteiger partial charge in [0, 0.05) is 19.0 Å². The summed E-state index contributed by atoms with van der Waals surface area (Å²) < 4.78 is 5.36. The van der Waals surface area contributed by atoms with E-state index >= 15 is 0 Å². The maximum absolute atomic E-state index is 13.7. The van der Waals surface area contributed by atoms with E-state index in [1.165, 1.54) is 36.2 Å². The van der Waals surface area contributed by atoms with Crippen LogP contribution in [0.4, 0.5) is 4.79 Å². The summed E-state index contributed by atoms with van der Waals surface area (Å²) in [4.78, 5) is 40.9. The number of carbonyl (C=O) groups excluding carboxylic acids is 3. The Bertz CT molecular complexity index is 1050. The molecule has 0 aliphatic heterocycles. The predicted molar refractivity (Wildman–Crippen MR) is 136 cm³/mol. The number of hydrogen-bond donors (Lipinski definition) is 4. The highest BCUT2D eigenvalue weighted by Gasteiger charge is 2.35. The lowest BCUT2D eigenvalue weighted by atomic mass is 9.99. The number of aromatic hydroxyl groups is 2. The van der Waals surface area contributed by atoms with Crippen molar-refractivity contribution in [2.24, 2.45) is 0 Å². The van der Waals surface area contributed by atoms with Gasteiger partial charge in [-0.3, -0.25) is 9.59 Å². The van der Waals surface area contributed by atoms with Crippen LogP contribution in [0.2, 0.25) is 0 Å². The Hall–Kier alpha value is -3.75. The summed E-state index contributed by atoms with van der Waals surface area (Å²) in [5.41, 5.74) is -0.151. The number of carbonyl (C=O) groups is 3. The minimum Gasteiger partial charge on any atom is -0.508 e. The summed E-state index contributed by atoms with van der Waals surface area (Å²) in [7, 11) is 1.49. The summed E-state index contributed by atoms with van der Waals surface area (Å²) in [6.45, 7) is 10.6. The summed E-state index contributed by atoms with van der Waals surface area (Å²) in [5.74, 6) is -0.828. The molecular weight excluding hydrogens is 462 g/mol. The monoisotopic (exact) mass is 499 g/mol. The van der Waals surface area contributed by atoms with E-state index in [4.69, 9.17) is 4.74 Å². The first kappa shape index (κ1) is 28.5. The molecule has 0 bridgehead atoms. The average Bonchev–Trinajstić information content (AvgIpc) is 2.73. The van der Waals surface area contributed by atoms with Crippen molar-refractivity contribution >= 4 is 17.9 Å². The molecule has 2 aromatic rings. The molecule has 0 aliphatic carbocycles. The summed E-state index contributed by atoms with van der Waals surface area (Å²) in [5, 5.41) is 24.9. The predicted octanol–water partition coefficient (Wildman–Crippen LogP) is 3.65. The second-order valence-corrected chi connectivity index (χ2v) is 10.8. The van der Waals surface area contributed by atoms with Crippen molar-refractivity contribution in [2.45, 2.75) is 71.2 Å². The number of alkyl carbamates (subject to hydrolysis) is 1. The number of phenols is 2. The minimum absolute atomic E-state index is 0.0273. The van der Waals surface area contributed by atoms with Gasteiger partial charge in [0.1, 0.15) is 29.2 Å². The van der Waals surface area contributed by atoms with Gasteiger partial charge >= 0.3 is 6.09 Å². The summed E-state index contributed by atoms with van der Waals surface area (Å²) in [6, 6.07) is 10.2. The molecule has 0 heterocycles. The zero-order valence-electron chi connectivity index (χ0n) is 22.0. The quantitative estimate of drug-likeness (QED) is 0.460. The van der Waals surface area contributed by atoms with Crippen molar-refractivity contribution in [3.63, 3.8) is 0 Å². The van der Waals surface area contributed by atoms with E-state index in [2.05, 4.69) is 10.6 Å². The Morgan fingerprint density at radius 3 is 1.86 bits per heavy atom. The molecule has 0 saturated carbocycles. The second kappa shape index (κ2) is 11.3. The van der Waals surface area contributed by atoms with Gasteiger partial charge in [0.2, 0.25) is 11.8 Å². The molecule has 2 rings (SSSR count). The third-order valence-electron chi connectivity index (χ3n) is 5.06. The highest BCUT2D eigenvalue weighted by atomic mass is 16.6. The second-order valence-electron chi connectivity index (χ2n) is 10.8. The van der Waals surface area contributed by atoms with Crippen LogP contribution in [0, 0.1) is 0 Å². The first-order valence-corrected chi connectivity index (χ1v) is 11.7. The average molecular weight is 500 g/mol. The van der Waals surface area contributed by atoms with Gasteiger partial charge in [-0.2, -0.15) is 0 Å². The molecule has 2 aromatic carbocycles. The largest absolute Gasteiger partial charge is 0.508 e. The van der Waals surface area contributed by atoms with Crippen molar-refractivity contribution in [1.82, 2.24) is 15.5 Å². The SMILES string of the molecule is CN(C(=O)C(Cc1ccc(O)cc1)NC(=O)OC(C)(C)C)C(C(=O)NC(C)(C)C)c1ccc(O)cc1. The van der Waals surface area contributed by atoms with Crippen LogP contribution in [0.25, 0.3) is 0 Å². The van der Waals surface area contributed by atoms with E-state index in [0.29, 0.717) is 11.1 Å². The van der Waals surface area contributed by atoms with Crippen molar-refractivity contribution in [2.75, 3.05) is 7.05 Å². The molecule has 0 aromatic heterocycles. The Balaban J connectivity index is 2.42. The maximum atomic E-state index is 13.7. The number of ether oxygens (including phenoxy) is 1. The molecule has 2 unspecified atom stereocenters. The molecule has 0 spiro atoms. The number of nitrogens with zero attached hydrogens (tertiary/aromatic N) is 1. The van der Waals surface area contributed by atoms with Crippen LogP contribution < -0.4 is 10.6 Å². The molecule has 9 nitrogen and oxygen atoms in total. The van der Waals surface area contributed by atoms with Gasteiger partial charge in [0.05, 0.1) is 0 Å². The molecule has 0 radical (unpaired) electrons. The lowest BCUT2D eigenvalue weighted by Crippen LogP contribution is -2.54. The zero-order chi connectivity index (χ0) is 27.3. The van der Waals surface area contributed by atoms with Gasteiger partial charge in [-0.1, -0.05) is 24.3 Å². The van der Waals surface area contributed by atoms with E-state index in [1.807, 2.05) is 20.8 Å². The number of rotatable bonds is 7. The van der Waals surface area contributed by atoms with E-state index in [9.17, 15) is 24.6 Å². The molecule has 3 amide bonds. The third-order valence-corrected chi connectivity index (χ3v) is 5.06. The Morgan fingerprint density at radius 1 is 0.889 bits per heavy atom. The van der Waals surface area contributed by atoms with E-state index in [0.717, 1.165) is 0 Å². The van der Waals surface area contributed by atoms with Gasteiger partial charge in [0.15, 0.2) is 0 Å². The molecule has 0 saturated heterocycles. The van der Waals surface area contributed by atoms with Gasteiger partial charge in [-0.05, 0) is 76.9 Å². The van der Waals surface area contributed by atoms with Crippen molar-refractivity contribution < 1.29 is 29.3 Å². The Kier molecular flexibility index (Phi) is 8.96. The standard InChI is InChI=1S/C27H37N3O6/c1-26(2,3)29-23(33)22(18-10-14-20(32)15-11-18)30(7)24(34)21(28-25(35)36-27(4,5)6)16-17-8-12-19(31)13-9-17/h8-15,21-22,31-32H,16H2,1-7H3,(H,28,35)(H,29,33). The number of nitrogens with one attached hydrogen (secondary N) is 2. The molecular formula is C27H37N3O6. The fourth-order valence-electron chi connectivity index (χ4n) is 3.54. The van der Waals surface area contributed by atoms with Crippen molar-refractivity contribution in [3.05, 3.63) is 59.7 Å². The lowest BCUT2D eigenvalue weighted by molar-refractivity contribution is -0.141. The molecule has 0 fully saturated rings. The van der Waals surface area contributed by atoms with E-state index in [1.54, 1.807) is 45.0 Å². The number of hydrogen-bond acceptors (Lipinski definition) is 6. The molecule has 0 aliphatic rings. The van der Waals surface area contributed by atoms with Crippen LogP contribution >= 0.6 is 0 Å². The Labute approximate surface area is 212 Å². The molecule has 9 heteroatoms. The van der Waals surface area contributed by atoms with Gasteiger partial charge < -0.3 is 30.5 Å². The third kappa shape index (κ3) is 8.79. The van der Waals surface area contributed by atoms with Crippen LogP contribution in [-0.4, -0.2) is 57.3 Å². The van der Waals surface area contributed by atoms with Crippen LogP contribution in [0.3, 0.4) is 0 Å². The van der Waals surface area contributed by atoms with Gasteiger partial charge in [-0.25, -0.2) is 4.79 Å². The topological polar surface area (TPSA) is 128 Å². The fourth-order valence-corrected chi connectivity index (χ4v) is 3.54. The molecule has 36 heavy (non-hydrogen) atoms. The number of phenolic OH excluding ortho intramolecular Hbond substituents is 2. The van der Waals surface area contributed by atoms with Crippen molar-refractivity contribution in [1.29, 1.82) is 0 Å². The van der Waals surface area contributed by atoms with Crippen molar-refractivity contribution in [3.8, 4) is 11.5 Å². The number of likely N-dealkylation sites (N-methyl/N-ethyl adjacent to an activating group) is 1. The normalized spacial score (nSPS) is 13.3. The summed E-state index contributed by atoms with van der Waals surface area (Å²) >= 11 is 0. The van der Waals surface area contributed by atoms with E-state index in [-0.39, 0.29) is 17.9 Å². The number of benzene rings is 2. The van der Waals surface area contributed by atoms with Crippen LogP contribution in [-0.2, 0) is 20.7 Å². The zero-order valence-corrected chi connectivity index (χ0v) is 22.0. The van der Waals surface area contributed by atoms with Gasteiger partial charge in [-0.15, -0.1) is 0 Å². The van der Waals surface area contributed by atoms with E-state index < -0.39 is 41.1 Å².